The van der Waals surface area contributed by atoms with Crippen LogP contribution in [0.5, 0.6) is 5.75 Å². The molecule has 43 heavy (non-hydrogen) atoms. The first-order valence-corrected chi connectivity index (χ1v) is 14.1. The summed E-state index contributed by atoms with van der Waals surface area (Å²) in [5.41, 5.74) is 0.249. The average molecular weight is 598 g/mol. The molecule has 0 saturated carbocycles. The molecule has 0 unspecified atom stereocenters. The number of aromatic nitrogens is 2. The van der Waals surface area contributed by atoms with Crippen molar-refractivity contribution in [2.24, 2.45) is 0 Å². The van der Waals surface area contributed by atoms with Gasteiger partial charge in [0.15, 0.2) is 5.69 Å². The second-order valence-electron chi connectivity index (χ2n) is 10.2. The Labute approximate surface area is 246 Å². The van der Waals surface area contributed by atoms with Crippen LogP contribution in [0.25, 0.3) is 0 Å². The maximum Gasteiger partial charge on any atom is 0.410 e. The number of carbonyl (C=O) groups is 2. The summed E-state index contributed by atoms with van der Waals surface area (Å²) < 4.78 is 46.2. The molecule has 2 amide bonds. The van der Waals surface area contributed by atoms with Crippen molar-refractivity contribution in [1.29, 1.82) is 0 Å². The number of hydrogen-bond donors (Lipinski definition) is 1. The van der Waals surface area contributed by atoms with Gasteiger partial charge in [0.25, 0.3) is 5.91 Å². The van der Waals surface area contributed by atoms with Gasteiger partial charge in [0.1, 0.15) is 11.6 Å². The first-order chi connectivity index (χ1) is 20.9. The number of rotatable bonds is 10. The first kappa shape index (κ1) is 30.1. The first-order valence-electron chi connectivity index (χ1n) is 14.1. The summed E-state index contributed by atoms with van der Waals surface area (Å²) in [5.74, 6) is -2.44. The van der Waals surface area contributed by atoms with E-state index in [-0.39, 0.29) is 18.0 Å². The number of ether oxygens (including phenoxy) is 3. The molecule has 1 atom stereocenters. The Bertz CT molecular complexity index is 1470. The van der Waals surface area contributed by atoms with Crippen LogP contribution >= 0.6 is 0 Å². The predicted octanol–water partition coefficient (Wildman–Crippen LogP) is 2.77. The third-order valence-corrected chi connectivity index (χ3v) is 7.56. The second kappa shape index (κ2) is 13.7. The molecule has 5 rings (SSSR count). The van der Waals surface area contributed by atoms with E-state index in [1.807, 2.05) is 0 Å². The topological polar surface area (TPSA) is 115 Å². The number of benzene rings is 2. The molecule has 2 aliphatic rings. The highest BCUT2D eigenvalue weighted by molar-refractivity contribution is 5.96. The number of amides is 2. The Hall–Kier alpha value is -4.36. The van der Waals surface area contributed by atoms with Gasteiger partial charge < -0.3 is 24.4 Å². The molecule has 2 aliphatic heterocycles. The molecular formula is C30H33F2N5O6. The molecule has 1 aromatic heterocycles. The molecule has 0 bridgehead atoms. The van der Waals surface area contributed by atoms with Crippen molar-refractivity contribution < 1.29 is 32.6 Å². The number of fused-ring (bicyclic) bond motifs is 1. The zero-order valence-corrected chi connectivity index (χ0v) is 23.7. The van der Waals surface area contributed by atoms with Gasteiger partial charge >= 0.3 is 6.09 Å². The lowest BCUT2D eigenvalue weighted by Gasteiger charge is -2.39. The Kier molecular flexibility index (Phi) is 9.62. The van der Waals surface area contributed by atoms with Crippen molar-refractivity contribution in [2.45, 2.75) is 18.9 Å². The van der Waals surface area contributed by atoms with Crippen molar-refractivity contribution in [3.8, 4) is 5.75 Å². The van der Waals surface area contributed by atoms with Crippen LogP contribution in [-0.4, -0.2) is 90.9 Å². The van der Waals surface area contributed by atoms with Crippen LogP contribution in [0.15, 0.2) is 59.5 Å². The lowest BCUT2D eigenvalue weighted by Crippen LogP contribution is -2.47. The van der Waals surface area contributed by atoms with Gasteiger partial charge in [0.2, 0.25) is 18.0 Å². The lowest BCUT2D eigenvalue weighted by atomic mass is 9.83. The van der Waals surface area contributed by atoms with Gasteiger partial charge in [0.05, 0.1) is 25.5 Å². The highest BCUT2D eigenvalue weighted by Crippen LogP contribution is 2.39. The number of morpholine rings is 1. The summed E-state index contributed by atoms with van der Waals surface area (Å²) in [4.78, 5) is 42.4. The zero-order chi connectivity index (χ0) is 30.3. The van der Waals surface area contributed by atoms with Crippen LogP contribution in [0.1, 0.15) is 40.5 Å². The van der Waals surface area contributed by atoms with Crippen LogP contribution < -0.4 is 15.5 Å². The standard InChI is InChI=1S/C30H33F2N5O6/c1-2-36-18-24(26(20-5-3-7-22(31)15-20)21-6-4-8-23(32)16-21)37-27(29(36)39)28(25(38)17-34-37)42-19-43-30(40)33-9-10-35-11-13-41-14-12-35/h3-8,15-17,24,26H,2,9-14,18-19H2,1H3,(H,33,40)/t24-/m1/s1. The Morgan fingerprint density at radius 1 is 1.09 bits per heavy atom. The fourth-order valence-corrected chi connectivity index (χ4v) is 5.46. The van der Waals surface area contributed by atoms with E-state index in [4.69, 9.17) is 14.2 Å². The van der Waals surface area contributed by atoms with Crippen LogP contribution in [0.2, 0.25) is 0 Å². The minimum atomic E-state index is -0.743. The third kappa shape index (κ3) is 7.00. The normalized spacial score (nSPS) is 17.1. The van der Waals surface area contributed by atoms with E-state index in [0.717, 1.165) is 19.3 Å². The smallest absolute Gasteiger partial charge is 0.410 e. The van der Waals surface area contributed by atoms with E-state index in [1.165, 1.54) is 33.8 Å². The number of carbonyl (C=O) groups excluding carboxylic acids is 2. The van der Waals surface area contributed by atoms with Crippen molar-refractivity contribution in [1.82, 2.24) is 24.9 Å². The Balaban J connectivity index is 1.40. The van der Waals surface area contributed by atoms with Gasteiger partial charge in [-0.15, -0.1) is 0 Å². The average Bonchev–Trinajstić information content (AvgIpc) is 3.00. The molecule has 1 saturated heterocycles. The van der Waals surface area contributed by atoms with E-state index in [1.54, 1.807) is 31.2 Å². The molecule has 3 aromatic rings. The van der Waals surface area contributed by atoms with Crippen LogP contribution in [0.4, 0.5) is 13.6 Å². The molecule has 2 aromatic carbocycles. The number of hydrogen-bond acceptors (Lipinski definition) is 8. The van der Waals surface area contributed by atoms with E-state index >= 15 is 0 Å². The number of nitrogens with one attached hydrogen (secondary N) is 1. The van der Waals surface area contributed by atoms with Gasteiger partial charge in [-0.3, -0.25) is 19.2 Å². The summed E-state index contributed by atoms with van der Waals surface area (Å²) >= 11 is 0. The summed E-state index contributed by atoms with van der Waals surface area (Å²) in [6.07, 6.45) is 0.269. The molecule has 13 heteroatoms. The lowest BCUT2D eigenvalue weighted by molar-refractivity contribution is 0.0362. The summed E-state index contributed by atoms with van der Waals surface area (Å²) in [7, 11) is 0. The monoisotopic (exact) mass is 597 g/mol. The highest BCUT2D eigenvalue weighted by atomic mass is 19.1. The maximum absolute atomic E-state index is 14.4. The van der Waals surface area contributed by atoms with E-state index in [9.17, 15) is 23.2 Å². The van der Waals surface area contributed by atoms with Crippen molar-refractivity contribution in [3.63, 3.8) is 0 Å². The summed E-state index contributed by atoms with van der Waals surface area (Å²) in [5, 5.41) is 6.91. The second-order valence-corrected chi connectivity index (χ2v) is 10.2. The number of halogens is 2. The maximum atomic E-state index is 14.4. The molecule has 0 aliphatic carbocycles. The molecule has 0 radical (unpaired) electrons. The molecule has 11 nitrogen and oxygen atoms in total. The van der Waals surface area contributed by atoms with Crippen LogP contribution in [0, 0.1) is 11.6 Å². The molecule has 228 valence electrons. The van der Waals surface area contributed by atoms with Gasteiger partial charge in [-0.2, -0.15) is 5.10 Å². The minimum absolute atomic E-state index is 0.139. The molecule has 1 N–H and O–H groups in total. The number of nitrogens with zero attached hydrogens (tertiary/aromatic N) is 4. The fraction of sp³-hybridized carbons (Fsp3) is 0.400. The van der Waals surface area contributed by atoms with Crippen LogP contribution in [0.3, 0.4) is 0 Å². The molecular weight excluding hydrogens is 564 g/mol. The third-order valence-electron chi connectivity index (χ3n) is 7.56. The zero-order valence-electron chi connectivity index (χ0n) is 23.7. The predicted molar refractivity (Wildman–Crippen MR) is 151 cm³/mol. The summed E-state index contributed by atoms with van der Waals surface area (Å²) in [6, 6.07) is 11.2. The van der Waals surface area contributed by atoms with Gasteiger partial charge in [-0.1, -0.05) is 24.3 Å². The van der Waals surface area contributed by atoms with Gasteiger partial charge in [-0.25, -0.2) is 13.6 Å². The molecule has 3 heterocycles. The minimum Gasteiger partial charge on any atom is -0.451 e. The van der Waals surface area contributed by atoms with Crippen LogP contribution in [-0.2, 0) is 9.47 Å². The van der Waals surface area contributed by atoms with E-state index < -0.39 is 47.8 Å². The van der Waals surface area contributed by atoms with Crippen molar-refractivity contribution >= 4 is 12.0 Å². The Morgan fingerprint density at radius 2 is 1.77 bits per heavy atom. The van der Waals surface area contributed by atoms with Crippen molar-refractivity contribution in [2.75, 3.05) is 59.3 Å². The summed E-state index contributed by atoms with van der Waals surface area (Å²) in [6.45, 7) is 5.41. The quantitative estimate of drug-likeness (QED) is 0.355. The van der Waals surface area contributed by atoms with E-state index in [2.05, 4.69) is 15.3 Å². The van der Waals surface area contributed by atoms with Gasteiger partial charge in [0, 0.05) is 45.2 Å². The number of alkyl carbamates (subject to hydrolysis) is 1. The fourth-order valence-electron chi connectivity index (χ4n) is 5.46. The highest BCUT2D eigenvalue weighted by Gasteiger charge is 2.40. The molecule has 1 fully saturated rings. The SMILES string of the molecule is CCN1C[C@H](C(c2cccc(F)c2)c2cccc(F)c2)n2ncc(=O)c(OCOC(=O)NCCN3CCOCC3)c2C1=O. The Morgan fingerprint density at radius 3 is 2.40 bits per heavy atom. The van der Waals surface area contributed by atoms with E-state index in [0.29, 0.717) is 44.0 Å². The van der Waals surface area contributed by atoms with Crippen molar-refractivity contribution in [3.05, 3.63) is 93.4 Å². The van der Waals surface area contributed by atoms with Gasteiger partial charge in [-0.05, 0) is 42.3 Å². The largest absolute Gasteiger partial charge is 0.451 e. The molecule has 0 spiro atoms. The number of likely N-dealkylation sites (N-methyl/N-ethyl adjacent to an activating group) is 1.